The zero-order valence-corrected chi connectivity index (χ0v) is 9.47. The van der Waals surface area contributed by atoms with Crippen molar-refractivity contribution in [3.05, 3.63) is 23.7 Å². The van der Waals surface area contributed by atoms with Gasteiger partial charge in [-0.15, -0.1) is 0 Å². The first-order valence-corrected chi connectivity index (χ1v) is 5.50. The number of furan rings is 1. The summed E-state index contributed by atoms with van der Waals surface area (Å²) in [4.78, 5) is 0. The highest BCUT2D eigenvalue weighted by molar-refractivity contribution is 5.17. The molecule has 0 fully saturated rings. The van der Waals surface area contributed by atoms with Crippen LogP contribution in [0.5, 0.6) is 0 Å². The molecular formula is C12H21NO. The number of hydrogen-bond acceptors (Lipinski definition) is 2. The van der Waals surface area contributed by atoms with E-state index in [1.165, 1.54) is 31.2 Å². The maximum Gasteiger partial charge on any atom is 0.123 e. The Morgan fingerprint density at radius 1 is 1.43 bits per heavy atom. The molecule has 0 spiro atoms. The minimum absolute atomic E-state index is 0.386. The molecule has 0 saturated carbocycles. The number of aryl methyl sites for hydroxylation is 1. The fourth-order valence-corrected chi connectivity index (χ4v) is 1.75. The summed E-state index contributed by atoms with van der Waals surface area (Å²) in [6, 6.07) is 2.41. The van der Waals surface area contributed by atoms with E-state index in [1.54, 1.807) is 6.26 Å². The Hall–Kier alpha value is -0.760. The van der Waals surface area contributed by atoms with Crippen molar-refractivity contribution >= 4 is 0 Å². The molecule has 14 heavy (non-hydrogen) atoms. The summed E-state index contributed by atoms with van der Waals surface area (Å²) in [6.45, 7) is 4.33. The minimum Gasteiger partial charge on any atom is -0.467 e. The molecule has 80 valence electrons. The van der Waals surface area contributed by atoms with Crippen molar-refractivity contribution in [1.82, 2.24) is 5.32 Å². The van der Waals surface area contributed by atoms with Gasteiger partial charge in [0.2, 0.25) is 0 Å². The van der Waals surface area contributed by atoms with E-state index in [0.29, 0.717) is 6.04 Å². The second-order valence-electron chi connectivity index (χ2n) is 3.80. The van der Waals surface area contributed by atoms with E-state index >= 15 is 0 Å². The minimum atomic E-state index is 0.386. The van der Waals surface area contributed by atoms with Gasteiger partial charge in [-0.25, -0.2) is 0 Å². The highest BCUT2D eigenvalue weighted by Crippen LogP contribution is 2.23. The maximum atomic E-state index is 5.49. The Morgan fingerprint density at radius 2 is 2.21 bits per heavy atom. The van der Waals surface area contributed by atoms with Crippen LogP contribution in [0, 0.1) is 6.92 Å². The van der Waals surface area contributed by atoms with Crippen LogP contribution < -0.4 is 5.32 Å². The number of unbranched alkanes of at least 4 members (excludes halogenated alkanes) is 2. The average molecular weight is 195 g/mol. The largest absolute Gasteiger partial charge is 0.467 e. The Bertz CT molecular complexity index is 255. The molecule has 0 aliphatic carbocycles. The normalized spacial score (nSPS) is 13.1. The highest BCUT2D eigenvalue weighted by Gasteiger charge is 2.13. The molecule has 0 saturated heterocycles. The quantitative estimate of drug-likeness (QED) is 0.703. The average Bonchev–Trinajstić information content (AvgIpc) is 2.60. The third-order valence-electron chi connectivity index (χ3n) is 2.66. The van der Waals surface area contributed by atoms with Crippen LogP contribution in [0.2, 0.25) is 0 Å². The molecule has 0 aliphatic rings. The molecule has 0 aromatic carbocycles. The zero-order chi connectivity index (χ0) is 10.4. The summed E-state index contributed by atoms with van der Waals surface area (Å²) < 4.78 is 5.49. The number of nitrogens with one attached hydrogen (secondary N) is 1. The van der Waals surface area contributed by atoms with Crippen molar-refractivity contribution in [3.63, 3.8) is 0 Å². The summed E-state index contributed by atoms with van der Waals surface area (Å²) in [5.74, 6) is 1.10. The van der Waals surface area contributed by atoms with E-state index < -0.39 is 0 Å². The molecule has 0 aliphatic heterocycles. The van der Waals surface area contributed by atoms with Crippen LogP contribution in [0.1, 0.15) is 50.0 Å². The summed E-state index contributed by atoms with van der Waals surface area (Å²) in [6.07, 6.45) is 6.78. The molecule has 1 aromatic rings. The van der Waals surface area contributed by atoms with Crippen LogP contribution in [0.25, 0.3) is 0 Å². The first kappa shape index (κ1) is 11.3. The third-order valence-corrected chi connectivity index (χ3v) is 2.66. The molecule has 1 rings (SSSR count). The Morgan fingerprint density at radius 3 is 2.71 bits per heavy atom. The van der Waals surface area contributed by atoms with Crippen molar-refractivity contribution in [2.75, 3.05) is 7.05 Å². The van der Waals surface area contributed by atoms with Crippen molar-refractivity contribution < 1.29 is 4.42 Å². The molecule has 0 amide bonds. The van der Waals surface area contributed by atoms with Gasteiger partial charge in [-0.05, 0) is 32.0 Å². The van der Waals surface area contributed by atoms with Crippen molar-refractivity contribution in [1.29, 1.82) is 0 Å². The molecule has 1 heterocycles. The molecule has 2 nitrogen and oxygen atoms in total. The van der Waals surface area contributed by atoms with Crippen LogP contribution in [-0.4, -0.2) is 7.05 Å². The Labute approximate surface area is 86.7 Å². The predicted octanol–water partition coefficient (Wildman–Crippen LogP) is 3.43. The van der Waals surface area contributed by atoms with Gasteiger partial charge in [0.15, 0.2) is 0 Å². The lowest BCUT2D eigenvalue weighted by Crippen LogP contribution is -2.16. The van der Waals surface area contributed by atoms with Crippen LogP contribution in [0.3, 0.4) is 0 Å². The van der Waals surface area contributed by atoms with Crippen LogP contribution in [0.4, 0.5) is 0 Å². The van der Waals surface area contributed by atoms with Gasteiger partial charge in [0.25, 0.3) is 0 Å². The van der Waals surface area contributed by atoms with Crippen molar-refractivity contribution in [3.8, 4) is 0 Å². The van der Waals surface area contributed by atoms with E-state index in [4.69, 9.17) is 4.42 Å². The monoisotopic (exact) mass is 195 g/mol. The van der Waals surface area contributed by atoms with Gasteiger partial charge < -0.3 is 9.73 Å². The van der Waals surface area contributed by atoms with Gasteiger partial charge >= 0.3 is 0 Å². The predicted molar refractivity (Wildman–Crippen MR) is 59.4 cm³/mol. The lowest BCUT2D eigenvalue weighted by molar-refractivity contribution is 0.401. The van der Waals surface area contributed by atoms with Gasteiger partial charge in [0, 0.05) is 0 Å². The summed E-state index contributed by atoms with van der Waals surface area (Å²) >= 11 is 0. The van der Waals surface area contributed by atoms with Gasteiger partial charge in [0.05, 0.1) is 12.3 Å². The van der Waals surface area contributed by atoms with Crippen LogP contribution >= 0.6 is 0 Å². The SMILES string of the molecule is CCCCCC(NC)c1occc1C. The zero-order valence-electron chi connectivity index (χ0n) is 9.47. The van der Waals surface area contributed by atoms with E-state index in [9.17, 15) is 0 Å². The maximum absolute atomic E-state index is 5.49. The number of rotatable bonds is 6. The summed E-state index contributed by atoms with van der Waals surface area (Å²) in [5.41, 5.74) is 1.25. The molecular weight excluding hydrogens is 174 g/mol. The van der Waals surface area contributed by atoms with E-state index in [1.807, 2.05) is 13.1 Å². The van der Waals surface area contributed by atoms with Crippen molar-refractivity contribution in [2.24, 2.45) is 0 Å². The smallest absolute Gasteiger partial charge is 0.123 e. The molecule has 0 bridgehead atoms. The highest BCUT2D eigenvalue weighted by atomic mass is 16.3. The second-order valence-corrected chi connectivity index (χ2v) is 3.80. The molecule has 1 unspecified atom stereocenters. The van der Waals surface area contributed by atoms with Crippen molar-refractivity contribution in [2.45, 2.75) is 45.6 Å². The molecule has 1 aromatic heterocycles. The number of hydrogen-bond donors (Lipinski definition) is 1. The second kappa shape index (κ2) is 5.86. The Kier molecular flexibility index (Phi) is 4.74. The van der Waals surface area contributed by atoms with Crippen LogP contribution in [0.15, 0.2) is 16.7 Å². The molecule has 2 heteroatoms. The fourth-order valence-electron chi connectivity index (χ4n) is 1.75. The first-order valence-electron chi connectivity index (χ1n) is 5.50. The lowest BCUT2D eigenvalue weighted by atomic mass is 10.0. The summed E-state index contributed by atoms with van der Waals surface area (Å²) in [7, 11) is 2.00. The molecule has 1 N–H and O–H groups in total. The fraction of sp³-hybridized carbons (Fsp3) is 0.667. The van der Waals surface area contributed by atoms with E-state index in [2.05, 4.69) is 19.2 Å². The van der Waals surface area contributed by atoms with Gasteiger partial charge in [-0.1, -0.05) is 26.2 Å². The van der Waals surface area contributed by atoms with E-state index in [-0.39, 0.29) is 0 Å². The Balaban J connectivity index is 2.50. The van der Waals surface area contributed by atoms with Gasteiger partial charge in [0.1, 0.15) is 5.76 Å². The standard InChI is InChI=1S/C12H21NO/c1-4-5-6-7-11(13-3)12-10(2)8-9-14-12/h8-9,11,13H,4-7H2,1-3H3. The van der Waals surface area contributed by atoms with Gasteiger partial charge in [-0.2, -0.15) is 0 Å². The van der Waals surface area contributed by atoms with Gasteiger partial charge in [-0.3, -0.25) is 0 Å². The lowest BCUT2D eigenvalue weighted by Gasteiger charge is -2.14. The van der Waals surface area contributed by atoms with Crippen LogP contribution in [-0.2, 0) is 0 Å². The topological polar surface area (TPSA) is 25.2 Å². The summed E-state index contributed by atoms with van der Waals surface area (Å²) in [5, 5.41) is 3.31. The first-order chi connectivity index (χ1) is 6.79. The third kappa shape index (κ3) is 2.88. The molecule has 0 radical (unpaired) electrons. The molecule has 1 atom stereocenters. The van der Waals surface area contributed by atoms with E-state index in [0.717, 1.165) is 5.76 Å².